The van der Waals surface area contributed by atoms with E-state index in [0.29, 0.717) is 36.1 Å². The molecule has 1 aliphatic heterocycles. The lowest BCUT2D eigenvalue weighted by Crippen LogP contribution is -2.38. The first kappa shape index (κ1) is 22.7. The topological polar surface area (TPSA) is 111 Å². The minimum atomic E-state index is -4.12. The second-order valence-corrected chi connectivity index (χ2v) is 9.39. The minimum absolute atomic E-state index is 0.0470. The summed E-state index contributed by atoms with van der Waals surface area (Å²) in [6, 6.07) is 12.1. The number of aromatic nitrogens is 1. The van der Waals surface area contributed by atoms with Crippen LogP contribution in [0.4, 0.5) is 11.4 Å². The SMILES string of the molecule is CCc1ccc(N(CC(=O)Nc2ccc3c(c2)OCCO3)S(=O)(=O)c2c(C)noc2C)cc1. The lowest BCUT2D eigenvalue weighted by molar-refractivity contribution is -0.114. The monoisotopic (exact) mass is 471 g/mol. The van der Waals surface area contributed by atoms with E-state index < -0.39 is 22.5 Å². The summed E-state index contributed by atoms with van der Waals surface area (Å²) in [5.74, 6) is 0.767. The number of sulfonamides is 1. The van der Waals surface area contributed by atoms with Crippen LogP contribution in [-0.2, 0) is 21.2 Å². The summed E-state index contributed by atoms with van der Waals surface area (Å²) in [5.41, 5.74) is 2.12. The molecule has 2 aromatic carbocycles. The summed E-state index contributed by atoms with van der Waals surface area (Å²) in [6.45, 7) is 5.53. The van der Waals surface area contributed by atoms with Crippen molar-refractivity contribution < 1.29 is 27.2 Å². The van der Waals surface area contributed by atoms with Crippen molar-refractivity contribution in [1.29, 1.82) is 0 Å². The molecule has 0 spiro atoms. The smallest absolute Gasteiger partial charge is 0.270 e. The van der Waals surface area contributed by atoms with Gasteiger partial charge in [0, 0.05) is 11.8 Å². The van der Waals surface area contributed by atoms with Crippen LogP contribution < -0.4 is 19.1 Å². The first-order valence-electron chi connectivity index (χ1n) is 10.5. The van der Waals surface area contributed by atoms with Gasteiger partial charge in [-0.05, 0) is 50.1 Å². The molecule has 1 N–H and O–H groups in total. The fourth-order valence-electron chi connectivity index (χ4n) is 3.62. The zero-order chi connectivity index (χ0) is 23.6. The van der Waals surface area contributed by atoms with Crippen LogP contribution in [0.15, 0.2) is 51.9 Å². The highest BCUT2D eigenvalue weighted by atomic mass is 32.2. The molecule has 0 radical (unpaired) electrons. The van der Waals surface area contributed by atoms with Crippen LogP contribution in [-0.4, -0.2) is 39.2 Å². The summed E-state index contributed by atoms with van der Waals surface area (Å²) in [4.78, 5) is 12.9. The fourth-order valence-corrected chi connectivity index (χ4v) is 5.34. The summed E-state index contributed by atoms with van der Waals surface area (Å²) in [5, 5.41) is 6.51. The van der Waals surface area contributed by atoms with Crippen LogP contribution in [0.5, 0.6) is 11.5 Å². The standard InChI is InChI=1S/C23H25N3O6S/c1-4-17-5-8-19(9-6-17)26(33(28,29)23-15(2)25-32-16(23)3)14-22(27)24-18-7-10-20-21(13-18)31-12-11-30-20/h5-10,13H,4,11-12,14H2,1-3H3,(H,24,27). The van der Waals surface area contributed by atoms with Gasteiger partial charge < -0.3 is 19.3 Å². The number of aryl methyl sites for hydroxylation is 3. The van der Waals surface area contributed by atoms with Gasteiger partial charge in [-0.3, -0.25) is 9.10 Å². The molecule has 1 aromatic heterocycles. The molecule has 174 valence electrons. The van der Waals surface area contributed by atoms with Gasteiger partial charge in [0.15, 0.2) is 22.2 Å². The number of ether oxygens (including phenoxy) is 2. The first-order chi connectivity index (χ1) is 15.8. The van der Waals surface area contributed by atoms with Crippen molar-refractivity contribution in [3.05, 3.63) is 59.5 Å². The molecule has 0 saturated heterocycles. The minimum Gasteiger partial charge on any atom is -0.486 e. The third-order valence-corrected chi connectivity index (χ3v) is 7.28. The molecule has 0 bridgehead atoms. The van der Waals surface area contributed by atoms with Gasteiger partial charge in [0.25, 0.3) is 10.0 Å². The van der Waals surface area contributed by atoms with Crippen molar-refractivity contribution in [3.8, 4) is 11.5 Å². The third-order valence-electron chi connectivity index (χ3n) is 5.26. The Morgan fingerprint density at radius 2 is 1.76 bits per heavy atom. The van der Waals surface area contributed by atoms with Crippen LogP contribution in [0, 0.1) is 13.8 Å². The molecule has 0 aliphatic carbocycles. The maximum absolute atomic E-state index is 13.6. The molecule has 2 heterocycles. The lowest BCUT2D eigenvalue weighted by Gasteiger charge is -2.24. The van der Waals surface area contributed by atoms with Gasteiger partial charge in [-0.1, -0.05) is 24.2 Å². The molecule has 0 unspecified atom stereocenters. The van der Waals surface area contributed by atoms with E-state index in [1.165, 1.54) is 6.92 Å². The number of amides is 1. The van der Waals surface area contributed by atoms with Crippen LogP contribution in [0.1, 0.15) is 23.9 Å². The Labute approximate surface area is 192 Å². The van der Waals surface area contributed by atoms with E-state index in [1.54, 1.807) is 37.3 Å². The third kappa shape index (κ3) is 4.65. The van der Waals surface area contributed by atoms with Gasteiger partial charge in [-0.15, -0.1) is 0 Å². The van der Waals surface area contributed by atoms with Crippen molar-refractivity contribution in [2.75, 3.05) is 29.4 Å². The predicted octanol–water partition coefficient (Wildman–Crippen LogP) is 3.46. The molecule has 1 aliphatic rings. The highest BCUT2D eigenvalue weighted by molar-refractivity contribution is 7.93. The number of hydrogen-bond acceptors (Lipinski definition) is 7. The van der Waals surface area contributed by atoms with Gasteiger partial charge in [-0.2, -0.15) is 0 Å². The number of nitrogens with zero attached hydrogens (tertiary/aromatic N) is 2. The summed E-state index contributed by atoms with van der Waals surface area (Å²) >= 11 is 0. The average molecular weight is 472 g/mol. The number of fused-ring (bicyclic) bond motifs is 1. The molecule has 3 aromatic rings. The van der Waals surface area contributed by atoms with Crippen molar-refractivity contribution in [1.82, 2.24) is 5.16 Å². The van der Waals surface area contributed by atoms with E-state index in [9.17, 15) is 13.2 Å². The number of anilines is 2. The lowest BCUT2D eigenvalue weighted by atomic mass is 10.1. The number of hydrogen-bond donors (Lipinski definition) is 1. The van der Waals surface area contributed by atoms with Gasteiger partial charge in [0.05, 0.1) is 5.69 Å². The van der Waals surface area contributed by atoms with Crippen LogP contribution in [0.25, 0.3) is 0 Å². The highest BCUT2D eigenvalue weighted by Crippen LogP contribution is 2.33. The molecule has 33 heavy (non-hydrogen) atoms. The molecule has 10 heteroatoms. The zero-order valence-corrected chi connectivity index (χ0v) is 19.4. The van der Waals surface area contributed by atoms with Crippen molar-refractivity contribution in [2.24, 2.45) is 0 Å². The van der Waals surface area contributed by atoms with Crippen LogP contribution in [0.3, 0.4) is 0 Å². The summed E-state index contributed by atoms with van der Waals surface area (Å²) in [6.07, 6.45) is 0.807. The predicted molar refractivity (Wildman–Crippen MR) is 122 cm³/mol. The Bertz CT molecular complexity index is 1250. The Morgan fingerprint density at radius 1 is 1.06 bits per heavy atom. The van der Waals surface area contributed by atoms with Gasteiger partial charge in [0.1, 0.15) is 25.5 Å². The molecule has 1 amide bonds. The Morgan fingerprint density at radius 3 is 2.39 bits per heavy atom. The number of carbonyl (C=O) groups excluding carboxylic acids is 1. The molecule has 0 saturated carbocycles. The maximum atomic E-state index is 13.6. The highest BCUT2D eigenvalue weighted by Gasteiger charge is 2.33. The van der Waals surface area contributed by atoms with E-state index in [4.69, 9.17) is 14.0 Å². The molecule has 0 atom stereocenters. The molecule has 4 rings (SSSR count). The quantitative estimate of drug-likeness (QED) is 0.562. The molecule has 9 nitrogen and oxygen atoms in total. The van der Waals surface area contributed by atoms with Crippen molar-refractivity contribution in [3.63, 3.8) is 0 Å². The Hall–Kier alpha value is -3.53. The molecular formula is C23H25N3O6S. The van der Waals surface area contributed by atoms with Crippen LogP contribution in [0.2, 0.25) is 0 Å². The van der Waals surface area contributed by atoms with Gasteiger partial charge >= 0.3 is 0 Å². The summed E-state index contributed by atoms with van der Waals surface area (Å²) in [7, 11) is -4.12. The Kier molecular flexibility index (Phi) is 6.28. The Balaban J connectivity index is 1.64. The number of rotatable bonds is 7. The van der Waals surface area contributed by atoms with Crippen molar-refractivity contribution in [2.45, 2.75) is 32.1 Å². The van der Waals surface area contributed by atoms with Gasteiger partial charge in [-0.25, -0.2) is 8.42 Å². The second-order valence-electron chi connectivity index (χ2n) is 7.59. The molecule has 0 fully saturated rings. The number of benzene rings is 2. The van der Waals surface area contributed by atoms with Gasteiger partial charge in [0.2, 0.25) is 5.91 Å². The van der Waals surface area contributed by atoms with E-state index in [2.05, 4.69) is 10.5 Å². The van der Waals surface area contributed by atoms with Crippen LogP contribution >= 0.6 is 0 Å². The number of carbonyl (C=O) groups is 1. The zero-order valence-electron chi connectivity index (χ0n) is 18.6. The van der Waals surface area contributed by atoms with Crippen molar-refractivity contribution >= 4 is 27.3 Å². The summed E-state index contributed by atoms with van der Waals surface area (Å²) < 4.78 is 44.3. The molecular weight excluding hydrogens is 446 g/mol. The van der Waals surface area contributed by atoms with E-state index in [1.807, 2.05) is 19.1 Å². The second kappa shape index (κ2) is 9.14. The largest absolute Gasteiger partial charge is 0.486 e. The maximum Gasteiger partial charge on any atom is 0.270 e. The normalized spacial score (nSPS) is 12.9. The van der Waals surface area contributed by atoms with E-state index in [-0.39, 0.29) is 16.3 Å². The first-order valence-corrected chi connectivity index (χ1v) is 12.0. The van der Waals surface area contributed by atoms with E-state index in [0.717, 1.165) is 16.3 Å². The average Bonchev–Trinajstić information content (AvgIpc) is 3.16. The number of nitrogens with one attached hydrogen (secondary N) is 1. The fraction of sp³-hybridized carbons (Fsp3) is 0.304. The van der Waals surface area contributed by atoms with E-state index >= 15 is 0 Å².